The molecular formula is C20H24O4. The van der Waals surface area contributed by atoms with E-state index in [1.165, 1.54) is 6.92 Å². The van der Waals surface area contributed by atoms with Crippen LogP contribution >= 0.6 is 0 Å². The van der Waals surface area contributed by atoms with Gasteiger partial charge >= 0.3 is 11.9 Å². The molecule has 0 N–H and O–H groups in total. The maximum Gasteiger partial charge on any atom is 0.327 e. The molecule has 1 aromatic carbocycles. The van der Waals surface area contributed by atoms with Crippen molar-refractivity contribution >= 4 is 18.0 Å². The summed E-state index contributed by atoms with van der Waals surface area (Å²) in [5.74, 6) is -1.32. The molecule has 0 saturated heterocycles. The molecule has 0 bridgehead atoms. The largest absolute Gasteiger partial charge is 0.465 e. The van der Waals surface area contributed by atoms with Gasteiger partial charge in [-0.2, -0.15) is 0 Å². The first-order valence-corrected chi connectivity index (χ1v) is 7.90. The van der Waals surface area contributed by atoms with Crippen LogP contribution < -0.4 is 0 Å². The van der Waals surface area contributed by atoms with Gasteiger partial charge in [-0.15, -0.1) is 0 Å². The zero-order valence-corrected chi connectivity index (χ0v) is 14.5. The summed E-state index contributed by atoms with van der Waals surface area (Å²) in [6.07, 6.45) is 7.08. The number of benzene rings is 1. The van der Waals surface area contributed by atoms with Gasteiger partial charge in [0, 0.05) is 0 Å². The first-order valence-electron chi connectivity index (χ1n) is 7.90. The predicted molar refractivity (Wildman–Crippen MR) is 95.1 cm³/mol. The van der Waals surface area contributed by atoms with Crippen LogP contribution in [0.3, 0.4) is 0 Å². The first kappa shape index (κ1) is 19.4. The molecule has 24 heavy (non-hydrogen) atoms. The van der Waals surface area contributed by atoms with Crippen LogP contribution in [0.4, 0.5) is 0 Å². The SMILES string of the molecule is C=C(/C=C/C=C/c1ccccc1)C(C)(C(=O)OCC)C(=O)OCC. The van der Waals surface area contributed by atoms with Gasteiger partial charge in [-0.3, -0.25) is 9.59 Å². The van der Waals surface area contributed by atoms with Crippen LogP contribution in [0.5, 0.6) is 0 Å². The number of rotatable bonds is 8. The van der Waals surface area contributed by atoms with Gasteiger partial charge in [0.15, 0.2) is 5.41 Å². The fourth-order valence-corrected chi connectivity index (χ4v) is 1.97. The number of ether oxygens (including phenoxy) is 2. The van der Waals surface area contributed by atoms with Crippen molar-refractivity contribution in [2.45, 2.75) is 20.8 Å². The first-order chi connectivity index (χ1) is 11.5. The highest BCUT2D eigenvalue weighted by atomic mass is 16.6. The van der Waals surface area contributed by atoms with Crippen LogP contribution in [0.1, 0.15) is 26.3 Å². The molecule has 0 aromatic heterocycles. The van der Waals surface area contributed by atoms with Crippen LogP contribution in [0.25, 0.3) is 6.08 Å². The summed E-state index contributed by atoms with van der Waals surface area (Å²) in [5, 5.41) is 0. The number of esters is 2. The smallest absolute Gasteiger partial charge is 0.327 e. The van der Waals surface area contributed by atoms with E-state index in [9.17, 15) is 9.59 Å². The molecule has 4 nitrogen and oxygen atoms in total. The zero-order valence-electron chi connectivity index (χ0n) is 14.5. The lowest BCUT2D eigenvalue weighted by molar-refractivity contribution is -0.167. The normalized spacial score (nSPS) is 11.6. The second kappa shape index (κ2) is 9.50. The van der Waals surface area contributed by atoms with Gasteiger partial charge < -0.3 is 9.47 Å². The van der Waals surface area contributed by atoms with E-state index in [0.717, 1.165) is 5.56 Å². The molecular weight excluding hydrogens is 304 g/mol. The van der Waals surface area contributed by atoms with E-state index in [0.29, 0.717) is 5.57 Å². The third-order valence-corrected chi connectivity index (χ3v) is 3.51. The Kier molecular flexibility index (Phi) is 7.69. The lowest BCUT2D eigenvalue weighted by Crippen LogP contribution is -2.40. The molecule has 1 rings (SSSR count). The van der Waals surface area contributed by atoms with Crippen molar-refractivity contribution in [2.75, 3.05) is 13.2 Å². The van der Waals surface area contributed by atoms with E-state index in [1.54, 1.807) is 26.0 Å². The molecule has 0 atom stereocenters. The number of allylic oxidation sites excluding steroid dienone is 3. The van der Waals surface area contributed by atoms with E-state index in [2.05, 4.69) is 6.58 Å². The van der Waals surface area contributed by atoms with Crippen molar-refractivity contribution in [1.29, 1.82) is 0 Å². The minimum absolute atomic E-state index is 0.179. The lowest BCUT2D eigenvalue weighted by Gasteiger charge is -2.25. The van der Waals surface area contributed by atoms with Crippen molar-refractivity contribution < 1.29 is 19.1 Å². The third kappa shape index (κ3) is 4.95. The van der Waals surface area contributed by atoms with E-state index < -0.39 is 17.4 Å². The second-order valence-corrected chi connectivity index (χ2v) is 5.22. The summed E-state index contributed by atoms with van der Waals surface area (Å²) in [6.45, 7) is 9.05. The molecule has 0 aliphatic heterocycles. The number of carbonyl (C=O) groups is 2. The Labute approximate surface area is 143 Å². The molecule has 0 amide bonds. The molecule has 0 spiro atoms. The van der Waals surface area contributed by atoms with Crippen molar-refractivity contribution in [3.8, 4) is 0 Å². The number of hydrogen-bond donors (Lipinski definition) is 0. The van der Waals surface area contributed by atoms with Gasteiger partial charge in [0.2, 0.25) is 0 Å². The average molecular weight is 328 g/mol. The minimum atomic E-state index is -1.55. The van der Waals surface area contributed by atoms with Gasteiger partial charge in [0.25, 0.3) is 0 Å². The molecule has 4 heteroatoms. The Morgan fingerprint density at radius 2 is 1.58 bits per heavy atom. The van der Waals surface area contributed by atoms with Gasteiger partial charge in [-0.05, 0) is 31.9 Å². The number of carbonyl (C=O) groups excluding carboxylic acids is 2. The van der Waals surface area contributed by atoms with Crippen LogP contribution in [0.2, 0.25) is 0 Å². The number of hydrogen-bond acceptors (Lipinski definition) is 4. The van der Waals surface area contributed by atoms with Crippen molar-refractivity contribution in [3.05, 3.63) is 66.3 Å². The maximum absolute atomic E-state index is 12.2. The molecule has 0 fully saturated rings. The van der Waals surface area contributed by atoms with Crippen molar-refractivity contribution in [1.82, 2.24) is 0 Å². The van der Waals surface area contributed by atoms with E-state index in [4.69, 9.17) is 9.47 Å². The minimum Gasteiger partial charge on any atom is -0.465 e. The van der Waals surface area contributed by atoms with E-state index in [-0.39, 0.29) is 13.2 Å². The maximum atomic E-state index is 12.2. The highest BCUT2D eigenvalue weighted by Gasteiger charge is 2.46. The molecule has 0 heterocycles. The van der Waals surface area contributed by atoms with Gasteiger partial charge in [0.05, 0.1) is 13.2 Å². The summed E-state index contributed by atoms with van der Waals surface area (Å²) < 4.78 is 10.0. The van der Waals surface area contributed by atoms with E-state index in [1.807, 2.05) is 42.5 Å². The third-order valence-electron chi connectivity index (χ3n) is 3.51. The topological polar surface area (TPSA) is 52.6 Å². The molecule has 0 aliphatic carbocycles. The Morgan fingerprint density at radius 1 is 1.04 bits per heavy atom. The van der Waals surface area contributed by atoms with Gasteiger partial charge in [0.1, 0.15) is 0 Å². The van der Waals surface area contributed by atoms with E-state index >= 15 is 0 Å². The van der Waals surface area contributed by atoms with Crippen LogP contribution in [0, 0.1) is 5.41 Å². The predicted octanol–water partition coefficient (Wildman–Crippen LogP) is 3.94. The standard InChI is InChI=1S/C20H24O4/c1-5-23-18(21)20(4,19(22)24-6-2)16(3)12-10-11-15-17-13-8-7-9-14-17/h7-15H,3,5-6H2,1-2,4H3/b12-10+,15-11+. The summed E-state index contributed by atoms with van der Waals surface area (Å²) in [5.41, 5.74) is -0.188. The quantitative estimate of drug-likeness (QED) is 0.412. The Hall–Kier alpha value is -2.62. The average Bonchev–Trinajstić information content (AvgIpc) is 2.59. The Balaban J connectivity index is 2.91. The molecule has 0 unspecified atom stereocenters. The zero-order chi connectivity index (χ0) is 18.0. The Morgan fingerprint density at radius 3 is 2.08 bits per heavy atom. The molecule has 0 saturated carbocycles. The van der Waals surface area contributed by atoms with Crippen LogP contribution in [0.15, 0.2) is 60.7 Å². The van der Waals surface area contributed by atoms with Crippen molar-refractivity contribution in [3.63, 3.8) is 0 Å². The van der Waals surface area contributed by atoms with Gasteiger partial charge in [-0.1, -0.05) is 61.2 Å². The second-order valence-electron chi connectivity index (χ2n) is 5.22. The fraction of sp³-hybridized carbons (Fsp3) is 0.300. The van der Waals surface area contributed by atoms with Gasteiger partial charge in [-0.25, -0.2) is 0 Å². The van der Waals surface area contributed by atoms with Crippen LogP contribution in [-0.2, 0) is 19.1 Å². The van der Waals surface area contributed by atoms with Crippen LogP contribution in [-0.4, -0.2) is 25.2 Å². The highest BCUT2D eigenvalue weighted by molar-refractivity contribution is 6.03. The molecule has 0 aliphatic rings. The summed E-state index contributed by atoms with van der Waals surface area (Å²) >= 11 is 0. The molecule has 1 aromatic rings. The molecule has 0 radical (unpaired) electrons. The Bertz CT molecular complexity index is 608. The molecule has 128 valence electrons. The lowest BCUT2D eigenvalue weighted by atomic mass is 9.82. The van der Waals surface area contributed by atoms with Crippen molar-refractivity contribution in [2.24, 2.45) is 5.41 Å². The summed E-state index contributed by atoms with van der Waals surface area (Å²) in [6, 6.07) is 9.78. The fourth-order valence-electron chi connectivity index (χ4n) is 1.97. The monoisotopic (exact) mass is 328 g/mol. The summed E-state index contributed by atoms with van der Waals surface area (Å²) in [4.78, 5) is 24.5. The summed E-state index contributed by atoms with van der Waals surface area (Å²) in [7, 11) is 0. The highest BCUT2D eigenvalue weighted by Crippen LogP contribution is 2.30.